The van der Waals surface area contributed by atoms with E-state index in [4.69, 9.17) is 4.74 Å². The summed E-state index contributed by atoms with van der Waals surface area (Å²) >= 11 is 0. The van der Waals surface area contributed by atoms with Crippen LogP contribution in [0.5, 0.6) is 0 Å². The van der Waals surface area contributed by atoms with E-state index >= 15 is 0 Å². The highest BCUT2D eigenvalue weighted by atomic mass is 16.6. The number of benzene rings is 1. The van der Waals surface area contributed by atoms with E-state index in [1.807, 2.05) is 0 Å². The average molecular weight is 314 g/mol. The molecule has 118 valence electrons. The number of allylic oxidation sites excluding steroid dienone is 1. The molecule has 1 atom stereocenters. The zero-order valence-electron chi connectivity index (χ0n) is 12.5. The number of esters is 1. The standard InChI is InChI=1S/C15H14N4O4/c1-8-12(15(20)23-2)13(11-7-16-18-14(11)17-8)9-4-3-5-10(6-9)19(21)22/h3-7,13H,1-2H3,(H2,16,17,18). The molecule has 2 aromatic rings. The van der Waals surface area contributed by atoms with Crippen LogP contribution in [0.25, 0.3) is 0 Å². The highest BCUT2D eigenvalue weighted by Crippen LogP contribution is 2.41. The molecule has 0 radical (unpaired) electrons. The number of hydrogen-bond acceptors (Lipinski definition) is 6. The smallest absolute Gasteiger partial charge is 0.336 e. The predicted octanol–water partition coefficient (Wildman–Crippen LogP) is 2.32. The van der Waals surface area contributed by atoms with Crippen LogP contribution in [0.1, 0.15) is 24.0 Å². The summed E-state index contributed by atoms with van der Waals surface area (Å²) in [6.45, 7) is 1.75. The Morgan fingerprint density at radius 3 is 2.91 bits per heavy atom. The summed E-state index contributed by atoms with van der Waals surface area (Å²) in [5.41, 5.74) is 2.35. The maximum Gasteiger partial charge on any atom is 0.336 e. The Bertz CT molecular complexity index is 824. The molecule has 0 fully saturated rings. The first-order valence-corrected chi connectivity index (χ1v) is 6.86. The number of nitrogens with zero attached hydrogens (tertiary/aromatic N) is 2. The number of H-pyrrole nitrogens is 1. The molecule has 2 N–H and O–H groups in total. The zero-order valence-corrected chi connectivity index (χ0v) is 12.5. The van der Waals surface area contributed by atoms with Crippen molar-refractivity contribution in [3.05, 3.63) is 63.0 Å². The van der Waals surface area contributed by atoms with E-state index in [1.165, 1.54) is 19.2 Å². The van der Waals surface area contributed by atoms with Gasteiger partial charge in [-0.2, -0.15) is 5.10 Å². The normalized spacial score (nSPS) is 16.5. The van der Waals surface area contributed by atoms with Gasteiger partial charge in [-0.25, -0.2) is 4.79 Å². The van der Waals surface area contributed by atoms with E-state index in [0.717, 1.165) is 5.56 Å². The van der Waals surface area contributed by atoms with Crippen LogP contribution in [0.4, 0.5) is 11.5 Å². The van der Waals surface area contributed by atoms with E-state index < -0.39 is 16.8 Å². The van der Waals surface area contributed by atoms with Gasteiger partial charge in [0.1, 0.15) is 5.82 Å². The number of nitro groups is 1. The molecule has 1 aromatic carbocycles. The quantitative estimate of drug-likeness (QED) is 0.511. The summed E-state index contributed by atoms with van der Waals surface area (Å²) < 4.78 is 4.88. The van der Waals surface area contributed by atoms with Crippen LogP contribution < -0.4 is 5.32 Å². The van der Waals surface area contributed by atoms with Gasteiger partial charge >= 0.3 is 5.97 Å². The van der Waals surface area contributed by atoms with E-state index in [-0.39, 0.29) is 5.69 Å². The molecule has 2 heterocycles. The lowest BCUT2D eigenvalue weighted by Gasteiger charge is -2.26. The number of ether oxygens (including phenoxy) is 1. The first-order chi connectivity index (χ1) is 11.0. The summed E-state index contributed by atoms with van der Waals surface area (Å²) in [5.74, 6) is -0.317. The third-order valence-electron chi connectivity index (χ3n) is 3.80. The van der Waals surface area contributed by atoms with Crippen molar-refractivity contribution in [3.8, 4) is 0 Å². The first-order valence-electron chi connectivity index (χ1n) is 6.86. The molecule has 0 saturated carbocycles. The summed E-state index contributed by atoms with van der Waals surface area (Å²) in [7, 11) is 1.30. The highest BCUT2D eigenvalue weighted by molar-refractivity contribution is 5.94. The topological polar surface area (TPSA) is 110 Å². The van der Waals surface area contributed by atoms with Gasteiger partial charge in [0.2, 0.25) is 0 Å². The van der Waals surface area contributed by atoms with E-state index in [9.17, 15) is 14.9 Å². The van der Waals surface area contributed by atoms with Crippen molar-refractivity contribution >= 4 is 17.5 Å². The Morgan fingerprint density at radius 2 is 2.22 bits per heavy atom. The number of methoxy groups -OCH3 is 1. The van der Waals surface area contributed by atoms with Crippen molar-refractivity contribution in [2.45, 2.75) is 12.8 Å². The molecule has 1 aliphatic rings. The van der Waals surface area contributed by atoms with Crippen molar-refractivity contribution in [3.63, 3.8) is 0 Å². The number of rotatable bonds is 3. The molecule has 1 aliphatic heterocycles. The number of anilines is 1. The Hall–Kier alpha value is -3.16. The van der Waals surface area contributed by atoms with Crippen LogP contribution in [-0.4, -0.2) is 28.2 Å². The number of nitrogens with one attached hydrogen (secondary N) is 2. The largest absolute Gasteiger partial charge is 0.466 e. The van der Waals surface area contributed by atoms with Gasteiger partial charge in [0.15, 0.2) is 0 Å². The molecule has 8 nitrogen and oxygen atoms in total. The lowest BCUT2D eigenvalue weighted by atomic mass is 9.82. The second-order valence-electron chi connectivity index (χ2n) is 5.14. The molecule has 0 spiro atoms. The van der Waals surface area contributed by atoms with Crippen LogP contribution in [0.3, 0.4) is 0 Å². The summed E-state index contributed by atoms with van der Waals surface area (Å²) in [6, 6.07) is 6.22. The molecule has 0 bridgehead atoms. The summed E-state index contributed by atoms with van der Waals surface area (Å²) in [4.78, 5) is 22.8. The van der Waals surface area contributed by atoms with Gasteiger partial charge in [0.05, 0.1) is 23.8 Å². The molecule has 0 amide bonds. The SMILES string of the molecule is COC(=O)C1=C(C)Nc2[nH]ncc2C1c1cccc([N+](=O)[O-])c1. The summed E-state index contributed by atoms with van der Waals surface area (Å²) in [6.07, 6.45) is 1.60. The lowest BCUT2D eigenvalue weighted by molar-refractivity contribution is -0.384. The second kappa shape index (κ2) is 5.56. The van der Waals surface area contributed by atoms with Crippen molar-refractivity contribution in [1.82, 2.24) is 10.2 Å². The number of non-ortho nitro benzene ring substituents is 1. The Kier molecular flexibility index (Phi) is 3.57. The van der Waals surface area contributed by atoms with Gasteiger partial charge in [-0.3, -0.25) is 15.2 Å². The molecule has 3 rings (SSSR count). The molecular formula is C15H14N4O4. The van der Waals surface area contributed by atoms with Crippen LogP contribution in [0.15, 0.2) is 41.7 Å². The van der Waals surface area contributed by atoms with Gasteiger partial charge in [-0.05, 0) is 12.5 Å². The number of nitro benzene ring substituents is 1. The maximum atomic E-state index is 12.2. The van der Waals surface area contributed by atoms with E-state index in [0.29, 0.717) is 22.7 Å². The third kappa shape index (κ3) is 2.44. The number of fused-ring (bicyclic) bond motifs is 1. The van der Waals surface area contributed by atoms with E-state index in [1.54, 1.807) is 25.3 Å². The molecule has 1 aromatic heterocycles. The van der Waals surface area contributed by atoms with Crippen LogP contribution in [0, 0.1) is 10.1 Å². The van der Waals surface area contributed by atoms with Crippen LogP contribution in [-0.2, 0) is 9.53 Å². The molecule has 0 saturated heterocycles. The van der Waals surface area contributed by atoms with Crippen LogP contribution >= 0.6 is 0 Å². The first kappa shape index (κ1) is 14.8. The second-order valence-corrected chi connectivity index (χ2v) is 5.14. The maximum absolute atomic E-state index is 12.2. The molecular weight excluding hydrogens is 300 g/mol. The average Bonchev–Trinajstić information content (AvgIpc) is 3.00. The van der Waals surface area contributed by atoms with Crippen molar-refractivity contribution in [1.29, 1.82) is 0 Å². The van der Waals surface area contributed by atoms with E-state index in [2.05, 4.69) is 15.5 Å². The van der Waals surface area contributed by atoms with Gasteiger partial charge in [-0.1, -0.05) is 12.1 Å². The molecule has 1 unspecified atom stereocenters. The summed E-state index contributed by atoms with van der Waals surface area (Å²) in [5, 5.41) is 20.9. The third-order valence-corrected chi connectivity index (χ3v) is 3.80. The minimum Gasteiger partial charge on any atom is -0.466 e. The van der Waals surface area contributed by atoms with Crippen LogP contribution in [0.2, 0.25) is 0 Å². The highest BCUT2D eigenvalue weighted by Gasteiger charge is 2.34. The van der Waals surface area contributed by atoms with Gasteiger partial charge in [0, 0.05) is 29.3 Å². The minimum atomic E-state index is -0.489. The molecule has 0 aliphatic carbocycles. The van der Waals surface area contributed by atoms with Gasteiger partial charge in [-0.15, -0.1) is 0 Å². The Labute approximate surface area is 131 Å². The Morgan fingerprint density at radius 1 is 1.43 bits per heavy atom. The molecule has 23 heavy (non-hydrogen) atoms. The lowest BCUT2D eigenvalue weighted by Crippen LogP contribution is -2.23. The van der Waals surface area contributed by atoms with Crippen molar-refractivity contribution in [2.24, 2.45) is 0 Å². The number of hydrogen-bond donors (Lipinski definition) is 2. The number of aromatic amines is 1. The molecule has 8 heteroatoms. The van der Waals surface area contributed by atoms with Crippen molar-refractivity contribution < 1.29 is 14.5 Å². The number of carbonyl (C=O) groups excluding carboxylic acids is 1. The predicted molar refractivity (Wildman–Crippen MR) is 81.9 cm³/mol. The monoisotopic (exact) mass is 314 g/mol. The zero-order chi connectivity index (χ0) is 16.6. The fourth-order valence-electron chi connectivity index (χ4n) is 2.79. The Balaban J connectivity index is 2.19. The fraction of sp³-hybridized carbons (Fsp3) is 0.200. The van der Waals surface area contributed by atoms with Gasteiger partial charge < -0.3 is 10.1 Å². The number of aromatic nitrogens is 2. The number of carbonyl (C=O) groups is 1. The van der Waals surface area contributed by atoms with Crippen molar-refractivity contribution in [2.75, 3.05) is 12.4 Å². The fourth-order valence-corrected chi connectivity index (χ4v) is 2.79. The van der Waals surface area contributed by atoms with Gasteiger partial charge in [0.25, 0.3) is 5.69 Å². The minimum absolute atomic E-state index is 0.0343.